The third-order valence-electron chi connectivity index (χ3n) is 5.33. The average molecular weight is 467 g/mol. The fourth-order valence-corrected chi connectivity index (χ4v) is 4.51. The number of carbonyl (C=O) groups excluding carboxylic acids is 2. The van der Waals surface area contributed by atoms with Crippen molar-refractivity contribution in [3.8, 4) is 5.75 Å². The van der Waals surface area contributed by atoms with Crippen LogP contribution >= 0.6 is 11.8 Å². The van der Waals surface area contributed by atoms with E-state index in [0.717, 1.165) is 18.6 Å². The topological polar surface area (TPSA) is 111 Å². The summed E-state index contributed by atoms with van der Waals surface area (Å²) in [7, 11) is 0. The maximum atomic E-state index is 12.8. The van der Waals surface area contributed by atoms with Gasteiger partial charge in [0.2, 0.25) is 11.1 Å². The number of tetrazole rings is 1. The molecule has 33 heavy (non-hydrogen) atoms. The summed E-state index contributed by atoms with van der Waals surface area (Å²) in [5, 5.41) is 18.3. The van der Waals surface area contributed by atoms with Crippen molar-refractivity contribution in [2.75, 3.05) is 23.0 Å². The first kappa shape index (κ1) is 22.8. The van der Waals surface area contributed by atoms with E-state index in [1.807, 2.05) is 11.6 Å². The van der Waals surface area contributed by atoms with E-state index >= 15 is 0 Å². The van der Waals surface area contributed by atoms with Gasteiger partial charge in [0.15, 0.2) is 0 Å². The number of para-hydroxylation sites is 1. The normalized spacial score (nSPS) is 13.6. The summed E-state index contributed by atoms with van der Waals surface area (Å²) in [5.74, 6) is 0.330. The van der Waals surface area contributed by atoms with Gasteiger partial charge in [-0.2, -0.15) is 0 Å². The van der Waals surface area contributed by atoms with Crippen LogP contribution in [0.5, 0.6) is 5.75 Å². The second-order valence-corrected chi connectivity index (χ2v) is 8.58. The first-order chi connectivity index (χ1) is 16.1. The summed E-state index contributed by atoms with van der Waals surface area (Å²) in [4.78, 5) is 25.5. The van der Waals surface area contributed by atoms with Crippen LogP contribution in [0.4, 0.5) is 11.4 Å². The highest BCUT2D eigenvalue weighted by Crippen LogP contribution is 2.31. The lowest BCUT2D eigenvalue weighted by molar-refractivity contribution is -0.113. The molecule has 0 bridgehead atoms. The molecule has 2 N–H and O–H groups in total. The number of carbonyl (C=O) groups is 2. The predicted molar refractivity (Wildman–Crippen MR) is 127 cm³/mol. The fraction of sp³-hybridized carbons (Fsp3) is 0.348. The average Bonchev–Trinajstić information content (AvgIpc) is 3.51. The van der Waals surface area contributed by atoms with Crippen LogP contribution < -0.4 is 15.4 Å². The van der Waals surface area contributed by atoms with Crippen LogP contribution in [0.25, 0.3) is 0 Å². The van der Waals surface area contributed by atoms with Crippen LogP contribution in [0.15, 0.2) is 53.7 Å². The van der Waals surface area contributed by atoms with Gasteiger partial charge in [0, 0.05) is 5.69 Å². The largest absolute Gasteiger partial charge is 0.494 e. The number of thioether (sulfide) groups is 1. The summed E-state index contributed by atoms with van der Waals surface area (Å²) in [5.41, 5.74) is 1.46. The number of benzene rings is 2. The number of hydrogen-bond acceptors (Lipinski definition) is 7. The van der Waals surface area contributed by atoms with E-state index in [2.05, 4.69) is 26.2 Å². The molecule has 1 aliphatic rings. The summed E-state index contributed by atoms with van der Waals surface area (Å²) < 4.78 is 7.25. The zero-order valence-corrected chi connectivity index (χ0v) is 19.2. The molecule has 9 nitrogen and oxygen atoms in total. The number of hydrogen-bond donors (Lipinski definition) is 2. The molecule has 4 rings (SSSR count). The summed E-state index contributed by atoms with van der Waals surface area (Å²) >= 11 is 1.29. The second kappa shape index (κ2) is 11.0. The Morgan fingerprint density at radius 2 is 1.85 bits per heavy atom. The first-order valence-corrected chi connectivity index (χ1v) is 12.0. The first-order valence-electron chi connectivity index (χ1n) is 11.0. The smallest absolute Gasteiger partial charge is 0.257 e. The SMILES string of the molecule is CCOc1ccc(NC(=O)c2ccccc2NC(=O)CSc2nnnn2C2CCCC2)cc1. The van der Waals surface area contributed by atoms with Gasteiger partial charge in [-0.3, -0.25) is 9.59 Å². The standard InChI is InChI=1S/C23H26N6O3S/c1-2-32-18-13-11-16(12-14-18)24-22(31)19-9-5-6-10-20(19)25-21(30)15-33-23-26-27-28-29(23)17-7-3-4-8-17/h5-6,9-14,17H,2-4,7-8,15H2,1H3,(H,24,31)(H,25,30). The van der Waals surface area contributed by atoms with Gasteiger partial charge >= 0.3 is 0 Å². The lowest BCUT2D eigenvalue weighted by Gasteiger charge is -2.13. The molecule has 1 aliphatic carbocycles. The number of nitrogens with zero attached hydrogens (tertiary/aromatic N) is 4. The molecule has 2 amide bonds. The highest BCUT2D eigenvalue weighted by atomic mass is 32.2. The molecule has 0 saturated heterocycles. The molecular formula is C23H26N6O3S. The van der Waals surface area contributed by atoms with Gasteiger partial charge < -0.3 is 15.4 Å². The Morgan fingerprint density at radius 3 is 2.61 bits per heavy atom. The maximum Gasteiger partial charge on any atom is 0.257 e. The van der Waals surface area contributed by atoms with E-state index in [-0.39, 0.29) is 17.6 Å². The highest BCUT2D eigenvalue weighted by Gasteiger charge is 2.22. The van der Waals surface area contributed by atoms with Gasteiger partial charge in [0.05, 0.1) is 29.7 Å². The van der Waals surface area contributed by atoms with Gasteiger partial charge in [-0.05, 0) is 66.6 Å². The van der Waals surface area contributed by atoms with Crippen LogP contribution in [-0.4, -0.2) is 44.4 Å². The predicted octanol–water partition coefficient (Wildman–Crippen LogP) is 4.17. The van der Waals surface area contributed by atoms with Crippen molar-refractivity contribution in [1.82, 2.24) is 20.2 Å². The minimum atomic E-state index is -0.312. The molecule has 3 aromatic rings. The summed E-state index contributed by atoms with van der Waals surface area (Å²) in [6.45, 7) is 2.49. The van der Waals surface area contributed by atoms with Crippen molar-refractivity contribution in [1.29, 1.82) is 0 Å². The molecule has 0 radical (unpaired) electrons. The van der Waals surface area contributed by atoms with Crippen molar-refractivity contribution < 1.29 is 14.3 Å². The van der Waals surface area contributed by atoms with Crippen LogP contribution in [-0.2, 0) is 4.79 Å². The summed E-state index contributed by atoms with van der Waals surface area (Å²) in [6.07, 6.45) is 4.46. The van der Waals surface area contributed by atoms with Crippen LogP contribution in [0.3, 0.4) is 0 Å². The lowest BCUT2D eigenvalue weighted by atomic mass is 10.1. The van der Waals surface area contributed by atoms with Crippen molar-refractivity contribution in [2.45, 2.75) is 43.8 Å². The minimum Gasteiger partial charge on any atom is -0.494 e. The second-order valence-electron chi connectivity index (χ2n) is 7.64. The molecule has 0 spiro atoms. The fourth-order valence-electron chi connectivity index (χ4n) is 3.76. The Balaban J connectivity index is 1.36. The molecule has 1 aromatic heterocycles. The molecule has 0 atom stereocenters. The third-order valence-corrected chi connectivity index (χ3v) is 6.27. The molecule has 0 aliphatic heterocycles. The Labute approximate surface area is 196 Å². The number of anilines is 2. The van der Waals surface area contributed by atoms with E-state index in [9.17, 15) is 9.59 Å². The van der Waals surface area contributed by atoms with E-state index in [4.69, 9.17) is 4.74 Å². The Morgan fingerprint density at radius 1 is 1.09 bits per heavy atom. The van der Waals surface area contributed by atoms with Crippen molar-refractivity contribution in [3.05, 3.63) is 54.1 Å². The molecule has 1 heterocycles. The quantitative estimate of drug-likeness (QED) is 0.455. The van der Waals surface area contributed by atoms with Crippen molar-refractivity contribution in [3.63, 3.8) is 0 Å². The molecule has 10 heteroatoms. The Hall–Kier alpha value is -3.40. The van der Waals surface area contributed by atoms with Crippen LogP contribution in [0, 0.1) is 0 Å². The van der Waals surface area contributed by atoms with Gasteiger partial charge in [0.1, 0.15) is 5.75 Å². The van der Waals surface area contributed by atoms with Crippen LogP contribution in [0.1, 0.15) is 49.0 Å². The maximum absolute atomic E-state index is 12.8. The number of ether oxygens (including phenoxy) is 1. The molecule has 172 valence electrons. The number of nitrogens with one attached hydrogen (secondary N) is 2. The molecule has 1 fully saturated rings. The molecule has 2 aromatic carbocycles. The van der Waals surface area contributed by atoms with Crippen molar-refractivity contribution >= 4 is 35.0 Å². The zero-order chi connectivity index (χ0) is 23.0. The van der Waals surface area contributed by atoms with E-state index in [1.54, 1.807) is 48.5 Å². The van der Waals surface area contributed by atoms with E-state index in [0.29, 0.717) is 34.7 Å². The monoisotopic (exact) mass is 466 g/mol. The molecular weight excluding hydrogens is 440 g/mol. The van der Waals surface area contributed by atoms with Gasteiger partial charge in [-0.15, -0.1) is 5.10 Å². The summed E-state index contributed by atoms with van der Waals surface area (Å²) in [6, 6.07) is 14.4. The van der Waals surface area contributed by atoms with Gasteiger partial charge in [0.25, 0.3) is 5.91 Å². The van der Waals surface area contributed by atoms with Gasteiger partial charge in [-0.25, -0.2) is 4.68 Å². The molecule has 1 saturated carbocycles. The minimum absolute atomic E-state index is 0.141. The number of rotatable bonds is 9. The Bertz CT molecular complexity index is 1100. The van der Waals surface area contributed by atoms with E-state index < -0.39 is 0 Å². The lowest BCUT2D eigenvalue weighted by Crippen LogP contribution is -2.19. The highest BCUT2D eigenvalue weighted by molar-refractivity contribution is 7.99. The van der Waals surface area contributed by atoms with Gasteiger partial charge in [-0.1, -0.05) is 36.7 Å². The number of aromatic nitrogens is 4. The Kier molecular flexibility index (Phi) is 7.56. The van der Waals surface area contributed by atoms with E-state index in [1.165, 1.54) is 24.6 Å². The molecule has 0 unspecified atom stereocenters. The third kappa shape index (κ3) is 5.89. The zero-order valence-electron chi connectivity index (χ0n) is 18.4. The number of amides is 2. The van der Waals surface area contributed by atoms with Crippen molar-refractivity contribution in [2.24, 2.45) is 0 Å². The van der Waals surface area contributed by atoms with Crippen LogP contribution in [0.2, 0.25) is 0 Å².